The third kappa shape index (κ3) is 3.72. The topological polar surface area (TPSA) is 64.3 Å². The molecule has 1 unspecified atom stereocenters. The molecule has 3 N–H and O–H groups in total. The Morgan fingerprint density at radius 3 is 2.62 bits per heavy atom. The first kappa shape index (κ1) is 14.7. The molecule has 0 heterocycles. The number of amides is 1. The van der Waals surface area contributed by atoms with Crippen LogP contribution in [0.1, 0.15) is 12.5 Å². The van der Waals surface area contributed by atoms with Gasteiger partial charge < -0.3 is 15.8 Å². The predicted molar refractivity (Wildman–Crippen MR) is 67.3 cm³/mol. The van der Waals surface area contributed by atoms with Crippen molar-refractivity contribution in [3.8, 4) is 5.75 Å². The summed E-state index contributed by atoms with van der Waals surface area (Å²) in [6.07, 6.45) is 0. The molecule has 0 spiro atoms. The van der Waals surface area contributed by atoms with Crippen molar-refractivity contribution >= 4 is 24.0 Å². The highest BCUT2D eigenvalue weighted by atomic mass is 35.5. The first-order valence-corrected chi connectivity index (χ1v) is 4.75. The molecule has 1 aromatic rings. The van der Waals surface area contributed by atoms with E-state index in [1.807, 2.05) is 25.1 Å². The zero-order valence-electron chi connectivity index (χ0n) is 9.61. The second kappa shape index (κ2) is 6.35. The van der Waals surface area contributed by atoms with E-state index in [4.69, 9.17) is 10.5 Å². The van der Waals surface area contributed by atoms with Crippen molar-refractivity contribution in [2.45, 2.75) is 19.9 Å². The number of nitrogens with one attached hydrogen (secondary N) is 1. The fourth-order valence-corrected chi connectivity index (χ4v) is 1.17. The Labute approximate surface area is 102 Å². The van der Waals surface area contributed by atoms with Gasteiger partial charge in [0.2, 0.25) is 5.91 Å². The minimum atomic E-state index is -0.532. The van der Waals surface area contributed by atoms with Crippen molar-refractivity contribution in [1.82, 2.24) is 0 Å². The highest BCUT2D eigenvalue weighted by Gasteiger charge is 2.10. The average molecular weight is 245 g/mol. The molecule has 90 valence electrons. The van der Waals surface area contributed by atoms with Gasteiger partial charge >= 0.3 is 0 Å². The number of carbonyl (C=O) groups is 1. The number of methoxy groups -OCH3 is 1. The van der Waals surface area contributed by atoms with Gasteiger partial charge in [-0.15, -0.1) is 12.4 Å². The number of aryl methyl sites for hydroxylation is 1. The zero-order chi connectivity index (χ0) is 11.4. The van der Waals surface area contributed by atoms with Gasteiger partial charge in [0, 0.05) is 0 Å². The van der Waals surface area contributed by atoms with E-state index >= 15 is 0 Å². The molecular weight excluding hydrogens is 228 g/mol. The molecule has 1 atom stereocenters. The summed E-state index contributed by atoms with van der Waals surface area (Å²) in [5.41, 5.74) is 7.16. The van der Waals surface area contributed by atoms with E-state index < -0.39 is 6.04 Å². The number of carbonyl (C=O) groups excluding carboxylic acids is 1. The van der Waals surface area contributed by atoms with Crippen molar-refractivity contribution in [3.63, 3.8) is 0 Å². The van der Waals surface area contributed by atoms with Crippen LogP contribution < -0.4 is 15.8 Å². The summed E-state index contributed by atoms with van der Waals surface area (Å²) in [6, 6.07) is 5.04. The Morgan fingerprint density at radius 2 is 2.12 bits per heavy atom. The lowest BCUT2D eigenvalue weighted by atomic mass is 10.2. The molecule has 0 fully saturated rings. The van der Waals surface area contributed by atoms with Gasteiger partial charge in [0.25, 0.3) is 0 Å². The largest absolute Gasteiger partial charge is 0.495 e. The maximum atomic E-state index is 11.4. The lowest BCUT2D eigenvalue weighted by Crippen LogP contribution is -2.32. The standard InChI is InChI=1S/C11H16N2O2.ClH/c1-7-4-5-10(15-3)9(6-7)13-11(14)8(2)12;/h4-6,8H,12H2,1-3H3,(H,13,14);1H. The molecule has 1 amide bonds. The number of halogens is 1. The van der Waals surface area contributed by atoms with E-state index in [1.165, 1.54) is 0 Å². The number of anilines is 1. The maximum absolute atomic E-state index is 11.4. The Kier molecular flexibility index (Phi) is 5.85. The number of rotatable bonds is 3. The Morgan fingerprint density at radius 1 is 1.50 bits per heavy atom. The lowest BCUT2D eigenvalue weighted by molar-refractivity contribution is -0.117. The van der Waals surface area contributed by atoms with Crippen molar-refractivity contribution in [3.05, 3.63) is 23.8 Å². The van der Waals surface area contributed by atoms with Gasteiger partial charge in [-0.05, 0) is 31.5 Å². The molecule has 16 heavy (non-hydrogen) atoms. The molecule has 0 radical (unpaired) electrons. The van der Waals surface area contributed by atoms with Crippen LogP contribution in [0.15, 0.2) is 18.2 Å². The SMILES string of the molecule is COc1ccc(C)cc1NC(=O)C(C)N.Cl. The molecule has 0 aromatic heterocycles. The lowest BCUT2D eigenvalue weighted by Gasteiger charge is -2.12. The smallest absolute Gasteiger partial charge is 0.241 e. The van der Waals surface area contributed by atoms with Gasteiger partial charge in [0.15, 0.2) is 0 Å². The summed E-state index contributed by atoms with van der Waals surface area (Å²) in [6.45, 7) is 3.58. The average Bonchev–Trinajstić information content (AvgIpc) is 2.18. The van der Waals surface area contributed by atoms with Crippen molar-refractivity contribution in [2.24, 2.45) is 5.73 Å². The van der Waals surface area contributed by atoms with E-state index in [0.29, 0.717) is 11.4 Å². The highest BCUT2D eigenvalue weighted by Crippen LogP contribution is 2.25. The minimum absolute atomic E-state index is 0. The van der Waals surface area contributed by atoms with Crippen LogP contribution in [-0.4, -0.2) is 19.1 Å². The molecular formula is C11H17ClN2O2. The van der Waals surface area contributed by atoms with Crippen LogP contribution in [-0.2, 0) is 4.79 Å². The van der Waals surface area contributed by atoms with Crippen molar-refractivity contribution < 1.29 is 9.53 Å². The highest BCUT2D eigenvalue weighted by molar-refractivity contribution is 5.95. The van der Waals surface area contributed by atoms with Crippen molar-refractivity contribution in [1.29, 1.82) is 0 Å². The van der Waals surface area contributed by atoms with Crippen LogP contribution in [0.25, 0.3) is 0 Å². The summed E-state index contributed by atoms with van der Waals surface area (Å²) in [7, 11) is 1.56. The van der Waals surface area contributed by atoms with Gasteiger partial charge in [-0.3, -0.25) is 4.79 Å². The Balaban J connectivity index is 0.00000225. The van der Waals surface area contributed by atoms with Gasteiger partial charge in [-0.2, -0.15) is 0 Å². The number of ether oxygens (including phenoxy) is 1. The maximum Gasteiger partial charge on any atom is 0.241 e. The monoisotopic (exact) mass is 244 g/mol. The summed E-state index contributed by atoms with van der Waals surface area (Å²) in [4.78, 5) is 11.4. The molecule has 4 nitrogen and oxygen atoms in total. The summed E-state index contributed by atoms with van der Waals surface area (Å²) in [5, 5.41) is 2.71. The summed E-state index contributed by atoms with van der Waals surface area (Å²) in [5.74, 6) is 0.411. The fraction of sp³-hybridized carbons (Fsp3) is 0.364. The summed E-state index contributed by atoms with van der Waals surface area (Å²) < 4.78 is 5.13. The van der Waals surface area contributed by atoms with Gasteiger partial charge in [0.1, 0.15) is 5.75 Å². The molecule has 5 heteroatoms. The number of nitrogens with two attached hydrogens (primary N) is 1. The van der Waals surface area contributed by atoms with Crippen molar-refractivity contribution in [2.75, 3.05) is 12.4 Å². The predicted octanol–water partition coefficient (Wildman–Crippen LogP) is 1.71. The van der Waals surface area contributed by atoms with Crippen LogP contribution >= 0.6 is 12.4 Å². The number of benzene rings is 1. The molecule has 1 aromatic carbocycles. The van der Waals surface area contributed by atoms with Crippen LogP contribution in [0.2, 0.25) is 0 Å². The summed E-state index contributed by atoms with van der Waals surface area (Å²) >= 11 is 0. The quantitative estimate of drug-likeness (QED) is 0.851. The molecule has 0 aliphatic rings. The Bertz CT molecular complexity index is 367. The van der Waals surface area contributed by atoms with E-state index in [-0.39, 0.29) is 18.3 Å². The molecule has 0 aliphatic carbocycles. The van der Waals surface area contributed by atoms with Crippen LogP contribution in [0, 0.1) is 6.92 Å². The number of hydrogen-bond donors (Lipinski definition) is 2. The molecule has 0 saturated carbocycles. The van der Waals surface area contributed by atoms with Gasteiger partial charge in [-0.25, -0.2) is 0 Å². The fourth-order valence-electron chi connectivity index (χ4n) is 1.17. The first-order valence-electron chi connectivity index (χ1n) is 4.75. The van der Waals surface area contributed by atoms with Crippen LogP contribution in [0.3, 0.4) is 0 Å². The molecule has 0 aliphatic heterocycles. The van der Waals surface area contributed by atoms with E-state index in [9.17, 15) is 4.79 Å². The first-order chi connectivity index (χ1) is 7.04. The Hall–Kier alpha value is -1.26. The molecule has 1 rings (SSSR count). The van der Waals surface area contributed by atoms with E-state index in [0.717, 1.165) is 5.56 Å². The molecule has 0 bridgehead atoms. The van der Waals surface area contributed by atoms with Gasteiger partial charge in [-0.1, -0.05) is 6.07 Å². The third-order valence-electron chi connectivity index (χ3n) is 2.03. The third-order valence-corrected chi connectivity index (χ3v) is 2.03. The van der Waals surface area contributed by atoms with Gasteiger partial charge in [0.05, 0.1) is 18.8 Å². The zero-order valence-corrected chi connectivity index (χ0v) is 10.4. The van der Waals surface area contributed by atoms with E-state index in [1.54, 1.807) is 14.0 Å². The van der Waals surface area contributed by atoms with Crippen LogP contribution in [0.4, 0.5) is 5.69 Å². The van der Waals surface area contributed by atoms with E-state index in [2.05, 4.69) is 5.32 Å². The van der Waals surface area contributed by atoms with Crippen LogP contribution in [0.5, 0.6) is 5.75 Å². The molecule has 0 saturated heterocycles. The minimum Gasteiger partial charge on any atom is -0.495 e. The normalized spacial score (nSPS) is 11.2. The second-order valence-corrected chi connectivity index (χ2v) is 3.48. The number of hydrogen-bond acceptors (Lipinski definition) is 3. The second-order valence-electron chi connectivity index (χ2n) is 3.48.